The summed E-state index contributed by atoms with van der Waals surface area (Å²) in [5.41, 5.74) is 3.04. The molecule has 3 aromatic heterocycles. The van der Waals surface area contributed by atoms with Crippen molar-refractivity contribution in [2.75, 3.05) is 5.32 Å². The number of hydrogen-bond acceptors (Lipinski definition) is 5. The fourth-order valence-corrected chi connectivity index (χ4v) is 3.97. The Hall–Kier alpha value is -3.26. The summed E-state index contributed by atoms with van der Waals surface area (Å²) in [6.07, 6.45) is 1.34. The first-order valence-corrected chi connectivity index (χ1v) is 10.5. The van der Waals surface area contributed by atoms with Gasteiger partial charge in [-0.05, 0) is 12.5 Å². The number of amides is 1. The topological polar surface area (TPSA) is 81.3 Å². The second-order valence-electron chi connectivity index (χ2n) is 8.32. The molecule has 0 bridgehead atoms. The second-order valence-corrected chi connectivity index (χ2v) is 9.16. The minimum absolute atomic E-state index is 0.0160. The lowest BCUT2D eigenvalue weighted by Crippen LogP contribution is -2.27. The molecular formula is C22H23N5O2S. The Morgan fingerprint density at radius 1 is 1.17 bits per heavy atom. The van der Waals surface area contributed by atoms with Gasteiger partial charge in [0.15, 0.2) is 4.96 Å². The van der Waals surface area contributed by atoms with Crippen molar-refractivity contribution < 1.29 is 4.79 Å². The van der Waals surface area contributed by atoms with Crippen LogP contribution in [0, 0.1) is 6.92 Å². The van der Waals surface area contributed by atoms with E-state index >= 15 is 0 Å². The lowest BCUT2D eigenvalue weighted by atomic mass is 9.92. The lowest BCUT2D eigenvalue weighted by molar-refractivity contribution is 0.102. The highest BCUT2D eigenvalue weighted by atomic mass is 32.1. The van der Waals surface area contributed by atoms with E-state index in [9.17, 15) is 9.59 Å². The van der Waals surface area contributed by atoms with Gasteiger partial charge in [-0.1, -0.05) is 50.6 Å². The Morgan fingerprint density at radius 2 is 1.87 bits per heavy atom. The van der Waals surface area contributed by atoms with E-state index in [2.05, 4.69) is 15.4 Å². The SMILES string of the molecule is Cc1ccc(-c2csc3ncc(C(=O)Nc4cc(C(C)(C)C)nn4C)c(=O)n23)cc1. The van der Waals surface area contributed by atoms with E-state index in [1.165, 1.54) is 21.9 Å². The quantitative estimate of drug-likeness (QED) is 0.542. The molecule has 4 rings (SSSR count). The van der Waals surface area contributed by atoms with Crippen molar-refractivity contribution in [2.24, 2.45) is 7.05 Å². The number of aromatic nitrogens is 4. The van der Waals surface area contributed by atoms with Gasteiger partial charge in [-0.3, -0.25) is 18.7 Å². The van der Waals surface area contributed by atoms with Crippen LogP contribution in [0.3, 0.4) is 0 Å². The fraction of sp³-hybridized carbons (Fsp3) is 0.273. The number of nitrogens with one attached hydrogen (secondary N) is 1. The number of rotatable bonds is 3. The van der Waals surface area contributed by atoms with E-state index < -0.39 is 11.5 Å². The van der Waals surface area contributed by atoms with E-state index in [1.807, 2.05) is 63.4 Å². The molecule has 0 fully saturated rings. The zero-order valence-electron chi connectivity index (χ0n) is 17.6. The van der Waals surface area contributed by atoms with Gasteiger partial charge in [0, 0.05) is 30.1 Å². The van der Waals surface area contributed by atoms with E-state index in [-0.39, 0.29) is 11.0 Å². The predicted molar refractivity (Wildman–Crippen MR) is 119 cm³/mol. The predicted octanol–water partition coefficient (Wildman–Crippen LogP) is 4.01. The largest absolute Gasteiger partial charge is 0.307 e. The Morgan fingerprint density at radius 3 is 2.50 bits per heavy atom. The number of thiazole rings is 1. The molecule has 1 amide bonds. The monoisotopic (exact) mass is 421 g/mol. The van der Waals surface area contributed by atoms with Crippen molar-refractivity contribution >= 4 is 28.0 Å². The first kappa shape index (κ1) is 20.0. The summed E-state index contributed by atoms with van der Waals surface area (Å²) in [4.78, 5) is 31.0. The Kier molecular flexibility index (Phi) is 4.82. The highest BCUT2D eigenvalue weighted by Crippen LogP contribution is 2.25. The molecule has 0 saturated carbocycles. The van der Waals surface area contributed by atoms with Gasteiger partial charge in [-0.25, -0.2) is 4.98 Å². The molecule has 30 heavy (non-hydrogen) atoms. The van der Waals surface area contributed by atoms with Crippen LogP contribution >= 0.6 is 11.3 Å². The van der Waals surface area contributed by atoms with Crippen molar-refractivity contribution in [1.82, 2.24) is 19.2 Å². The molecule has 4 aromatic rings. The number of nitrogens with zero attached hydrogens (tertiary/aromatic N) is 4. The molecule has 0 unspecified atom stereocenters. The van der Waals surface area contributed by atoms with Gasteiger partial charge < -0.3 is 5.32 Å². The minimum atomic E-state index is -0.508. The number of aryl methyl sites for hydroxylation is 2. The number of benzene rings is 1. The normalized spacial score (nSPS) is 11.8. The molecule has 1 N–H and O–H groups in total. The van der Waals surface area contributed by atoms with Crippen LogP contribution in [-0.2, 0) is 12.5 Å². The Bertz CT molecular complexity index is 1310. The van der Waals surface area contributed by atoms with Crippen molar-refractivity contribution in [2.45, 2.75) is 33.1 Å². The molecule has 7 nitrogen and oxygen atoms in total. The summed E-state index contributed by atoms with van der Waals surface area (Å²) in [7, 11) is 1.76. The Balaban J connectivity index is 1.73. The molecule has 0 atom stereocenters. The van der Waals surface area contributed by atoms with Crippen molar-refractivity contribution in [3.8, 4) is 11.3 Å². The maximum atomic E-state index is 13.2. The first-order chi connectivity index (χ1) is 14.1. The number of carbonyl (C=O) groups excluding carboxylic acids is 1. The van der Waals surface area contributed by atoms with E-state index in [1.54, 1.807) is 11.7 Å². The molecular weight excluding hydrogens is 398 g/mol. The summed E-state index contributed by atoms with van der Waals surface area (Å²) in [6.45, 7) is 8.16. The third-order valence-electron chi connectivity index (χ3n) is 4.93. The van der Waals surface area contributed by atoms with Crippen LogP contribution in [0.25, 0.3) is 16.2 Å². The number of fused-ring (bicyclic) bond motifs is 1. The van der Waals surface area contributed by atoms with E-state index in [0.717, 1.165) is 22.5 Å². The first-order valence-electron chi connectivity index (χ1n) is 9.57. The maximum Gasteiger partial charge on any atom is 0.271 e. The highest BCUT2D eigenvalue weighted by molar-refractivity contribution is 7.15. The van der Waals surface area contributed by atoms with Crippen LogP contribution in [-0.4, -0.2) is 25.1 Å². The van der Waals surface area contributed by atoms with Crippen LogP contribution in [0.15, 0.2) is 46.7 Å². The summed E-state index contributed by atoms with van der Waals surface area (Å²) in [5, 5.41) is 9.13. The van der Waals surface area contributed by atoms with Gasteiger partial charge in [0.1, 0.15) is 11.4 Å². The molecule has 0 saturated heterocycles. The van der Waals surface area contributed by atoms with Gasteiger partial charge in [-0.2, -0.15) is 5.10 Å². The van der Waals surface area contributed by atoms with E-state index in [0.29, 0.717) is 10.8 Å². The fourth-order valence-electron chi connectivity index (χ4n) is 3.11. The summed E-state index contributed by atoms with van der Waals surface area (Å²) in [6, 6.07) is 9.72. The molecule has 0 aliphatic carbocycles. The minimum Gasteiger partial charge on any atom is -0.307 e. The van der Waals surface area contributed by atoms with E-state index in [4.69, 9.17) is 0 Å². The van der Waals surface area contributed by atoms with Gasteiger partial charge in [0.2, 0.25) is 0 Å². The summed E-state index contributed by atoms with van der Waals surface area (Å²) in [5.74, 6) is 0.0184. The van der Waals surface area contributed by atoms with Gasteiger partial charge >= 0.3 is 0 Å². The van der Waals surface area contributed by atoms with Gasteiger partial charge in [0.05, 0.1) is 11.4 Å². The number of anilines is 1. The standard InChI is InChI=1S/C22H23N5O2S/c1-13-6-8-14(9-7-13)16-12-30-21-23-11-15(20(29)27(16)21)19(28)24-18-10-17(22(2,3)4)25-26(18)5/h6-12H,1-5H3,(H,24,28). The third kappa shape index (κ3) is 3.54. The van der Waals surface area contributed by atoms with Crippen molar-refractivity contribution in [1.29, 1.82) is 0 Å². The zero-order valence-corrected chi connectivity index (χ0v) is 18.4. The maximum absolute atomic E-state index is 13.2. The van der Waals surface area contributed by atoms with Crippen LogP contribution in [0.2, 0.25) is 0 Å². The average molecular weight is 422 g/mol. The molecule has 154 valence electrons. The van der Waals surface area contributed by atoms with Gasteiger partial charge in [-0.15, -0.1) is 11.3 Å². The summed E-state index contributed by atoms with van der Waals surface area (Å²) >= 11 is 1.37. The highest BCUT2D eigenvalue weighted by Gasteiger charge is 2.22. The molecule has 0 aliphatic rings. The molecule has 8 heteroatoms. The average Bonchev–Trinajstić information content (AvgIpc) is 3.27. The molecule has 0 spiro atoms. The molecule has 1 aromatic carbocycles. The molecule has 0 aliphatic heterocycles. The summed E-state index contributed by atoms with van der Waals surface area (Å²) < 4.78 is 3.10. The van der Waals surface area contributed by atoms with Crippen LogP contribution in [0.5, 0.6) is 0 Å². The van der Waals surface area contributed by atoms with Crippen molar-refractivity contribution in [3.05, 3.63) is 69.1 Å². The van der Waals surface area contributed by atoms with Gasteiger partial charge in [0.25, 0.3) is 11.5 Å². The molecule has 0 radical (unpaired) electrons. The third-order valence-corrected chi connectivity index (χ3v) is 5.77. The molecule has 3 heterocycles. The van der Waals surface area contributed by atoms with Crippen LogP contribution in [0.4, 0.5) is 5.82 Å². The Labute approximate surface area is 178 Å². The van der Waals surface area contributed by atoms with Crippen LogP contribution < -0.4 is 10.9 Å². The van der Waals surface area contributed by atoms with Crippen LogP contribution in [0.1, 0.15) is 42.4 Å². The second kappa shape index (κ2) is 7.21. The zero-order chi connectivity index (χ0) is 21.6. The van der Waals surface area contributed by atoms with Crippen molar-refractivity contribution in [3.63, 3.8) is 0 Å². The lowest BCUT2D eigenvalue weighted by Gasteiger charge is -2.13. The number of carbonyl (C=O) groups is 1. The number of hydrogen-bond donors (Lipinski definition) is 1. The smallest absolute Gasteiger partial charge is 0.271 e.